The maximum absolute atomic E-state index is 12.7. The van der Waals surface area contributed by atoms with Gasteiger partial charge in [-0.15, -0.1) is 0 Å². The van der Waals surface area contributed by atoms with Crippen molar-refractivity contribution < 1.29 is 23.9 Å². The molecule has 0 bridgehead atoms. The number of carbonyl (C=O) groups excluding carboxylic acids is 1. The van der Waals surface area contributed by atoms with Crippen LogP contribution in [0, 0.1) is 0 Å². The van der Waals surface area contributed by atoms with Gasteiger partial charge >= 0.3 is 0 Å². The number of nitrogens with one attached hydrogen (secondary N) is 2. The summed E-state index contributed by atoms with van der Waals surface area (Å²) in [5.74, 6) is 1.50. The Morgan fingerprint density at radius 2 is 1.69 bits per heavy atom. The summed E-state index contributed by atoms with van der Waals surface area (Å²) in [7, 11) is 0. The van der Waals surface area contributed by atoms with Gasteiger partial charge in [0, 0.05) is 25.2 Å². The van der Waals surface area contributed by atoms with Gasteiger partial charge in [0.1, 0.15) is 11.5 Å². The number of likely N-dealkylation sites (tertiary alicyclic amines) is 1. The lowest BCUT2D eigenvalue weighted by Gasteiger charge is -2.31. The first-order valence-corrected chi connectivity index (χ1v) is 11.1. The number of benzene rings is 1. The highest BCUT2D eigenvalue weighted by molar-refractivity contribution is 5.94. The minimum Gasteiger partial charge on any atom is -0.492 e. The Balaban J connectivity index is 1.78. The molecule has 2 aliphatic rings. The van der Waals surface area contributed by atoms with Gasteiger partial charge in [-0.1, -0.05) is 0 Å². The van der Waals surface area contributed by atoms with E-state index in [4.69, 9.17) is 14.2 Å². The highest BCUT2D eigenvalue weighted by atomic mass is 16.5. The second kappa shape index (κ2) is 11.3. The van der Waals surface area contributed by atoms with E-state index in [2.05, 4.69) is 10.2 Å². The van der Waals surface area contributed by atoms with Crippen LogP contribution in [0.3, 0.4) is 0 Å². The highest BCUT2D eigenvalue weighted by Gasteiger charge is 2.22. The third-order valence-corrected chi connectivity index (χ3v) is 5.51. The second-order valence-corrected chi connectivity index (χ2v) is 7.67. The Hall–Kier alpha value is -1.99. The van der Waals surface area contributed by atoms with Crippen LogP contribution in [0.4, 0.5) is 11.4 Å². The molecule has 0 radical (unpaired) electrons. The molecule has 2 N–H and O–H groups in total. The Kier molecular flexibility index (Phi) is 8.43. The van der Waals surface area contributed by atoms with Crippen molar-refractivity contribution in [3.05, 3.63) is 12.1 Å². The summed E-state index contributed by atoms with van der Waals surface area (Å²) in [4.78, 5) is 16.4. The van der Waals surface area contributed by atoms with Crippen LogP contribution >= 0.6 is 0 Å². The summed E-state index contributed by atoms with van der Waals surface area (Å²) in [6, 6.07) is 3.91. The van der Waals surface area contributed by atoms with Gasteiger partial charge in [-0.3, -0.25) is 4.79 Å². The molecule has 0 unspecified atom stereocenters. The van der Waals surface area contributed by atoms with Gasteiger partial charge in [-0.05, 0) is 39.5 Å². The Bertz CT molecular complexity index is 654. The third-order valence-electron chi connectivity index (χ3n) is 5.51. The first-order chi connectivity index (χ1) is 14.2. The molecule has 0 aliphatic carbocycles. The standard InChI is InChI=1S/C22H35N3O4/c1-3-28-20-16-19(25-11-13-27-14-12-25)21(29-4-2)15-18(20)23-22(26)17-24-9-7-5-6-8-10-24/h15-16H,3-14,17H2,1-2H3,(H,23,26)/p+1. The molecule has 1 aromatic carbocycles. The maximum Gasteiger partial charge on any atom is 0.279 e. The molecule has 7 nitrogen and oxygen atoms in total. The summed E-state index contributed by atoms with van der Waals surface area (Å²) < 4.78 is 17.3. The van der Waals surface area contributed by atoms with Gasteiger partial charge in [-0.25, -0.2) is 0 Å². The highest BCUT2D eigenvalue weighted by Crippen LogP contribution is 2.39. The summed E-state index contributed by atoms with van der Waals surface area (Å²) in [6.45, 7) is 10.7. The largest absolute Gasteiger partial charge is 0.492 e. The molecule has 2 aliphatic heterocycles. The molecule has 1 aromatic rings. The van der Waals surface area contributed by atoms with Gasteiger partial charge < -0.3 is 29.3 Å². The molecular formula is C22H36N3O4+. The zero-order valence-electron chi connectivity index (χ0n) is 17.9. The lowest BCUT2D eigenvalue weighted by Crippen LogP contribution is -3.12. The molecule has 162 valence electrons. The van der Waals surface area contributed by atoms with Crippen LogP contribution in [0.25, 0.3) is 0 Å². The maximum atomic E-state index is 12.7. The van der Waals surface area contributed by atoms with E-state index >= 15 is 0 Å². The Labute approximate surface area is 174 Å². The first kappa shape index (κ1) is 21.7. The lowest BCUT2D eigenvalue weighted by atomic mass is 10.2. The van der Waals surface area contributed by atoms with E-state index < -0.39 is 0 Å². The predicted octanol–water partition coefficient (Wildman–Crippen LogP) is 1.72. The summed E-state index contributed by atoms with van der Waals surface area (Å²) in [5.41, 5.74) is 1.68. The topological polar surface area (TPSA) is 64.5 Å². The molecule has 2 fully saturated rings. The van der Waals surface area contributed by atoms with Crippen LogP contribution in [0.2, 0.25) is 0 Å². The van der Waals surface area contributed by atoms with E-state index in [0.717, 1.165) is 37.6 Å². The van der Waals surface area contributed by atoms with Crippen LogP contribution in [0.1, 0.15) is 39.5 Å². The number of carbonyl (C=O) groups is 1. The van der Waals surface area contributed by atoms with E-state index in [9.17, 15) is 4.79 Å². The number of anilines is 2. The molecule has 0 atom stereocenters. The Morgan fingerprint density at radius 3 is 2.34 bits per heavy atom. The van der Waals surface area contributed by atoms with Crippen LogP contribution in [0.15, 0.2) is 12.1 Å². The quantitative estimate of drug-likeness (QED) is 0.688. The van der Waals surface area contributed by atoms with Crippen molar-refractivity contribution in [2.24, 2.45) is 0 Å². The smallest absolute Gasteiger partial charge is 0.279 e. The number of quaternary nitrogens is 1. The summed E-state index contributed by atoms with van der Waals surface area (Å²) >= 11 is 0. The third kappa shape index (κ3) is 6.24. The molecule has 2 heterocycles. The van der Waals surface area contributed by atoms with Gasteiger partial charge in [0.15, 0.2) is 6.54 Å². The average molecular weight is 407 g/mol. The van der Waals surface area contributed by atoms with Gasteiger partial charge in [0.25, 0.3) is 5.91 Å². The van der Waals surface area contributed by atoms with E-state index in [1.54, 1.807) is 0 Å². The minimum atomic E-state index is 0.0319. The summed E-state index contributed by atoms with van der Waals surface area (Å²) in [6.07, 6.45) is 4.96. The predicted molar refractivity (Wildman–Crippen MR) is 114 cm³/mol. The number of hydrogen-bond donors (Lipinski definition) is 2. The normalized spacial score (nSPS) is 18.2. The van der Waals surface area contributed by atoms with Crippen molar-refractivity contribution in [1.82, 2.24) is 0 Å². The van der Waals surface area contributed by atoms with E-state index in [-0.39, 0.29) is 5.91 Å². The molecule has 0 spiro atoms. The fraction of sp³-hybridized carbons (Fsp3) is 0.682. The number of nitrogens with zero attached hydrogens (tertiary/aromatic N) is 1. The van der Waals surface area contributed by atoms with Crippen LogP contribution in [-0.2, 0) is 9.53 Å². The van der Waals surface area contributed by atoms with E-state index in [1.807, 2.05) is 26.0 Å². The SMILES string of the molecule is CCOc1cc(N2CCOCC2)c(OCC)cc1NC(=O)C[NH+]1CCCCCC1. The van der Waals surface area contributed by atoms with Crippen molar-refractivity contribution in [2.45, 2.75) is 39.5 Å². The molecule has 7 heteroatoms. The molecule has 0 aromatic heterocycles. The fourth-order valence-electron chi connectivity index (χ4n) is 4.07. The molecule has 2 saturated heterocycles. The van der Waals surface area contributed by atoms with E-state index in [1.165, 1.54) is 30.6 Å². The van der Waals surface area contributed by atoms with Gasteiger partial charge in [0.05, 0.1) is 50.9 Å². The zero-order valence-corrected chi connectivity index (χ0v) is 17.9. The molecule has 1 amide bonds. The molecule has 29 heavy (non-hydrogen) atoms. The van der Waals surface area contributed by atoms with Crippen LogP contribution in [0.5, 0.6) is 11.5 Å². The fourth-order valence-corrected chi connectivity index (χ4v) is 4.07. The van der Waals surface area contributed by atoms with E-state index in [0.29, 0.717) is 44.4 Å². The van der Waals surface area contributed by atoms with Crippen LogP contribution in [-0.4, -0.2) is 65.1 Å². The number of ether oxygens (including phenoxy) is 3. The van der Waals surface area contributed by atoms with Crippen molar-refractivity contribution in [3.63, 3.8) is 0 Å². The number of hydrogen-bond acceptors (Lipinski definition) is 5. The van der Waals surface area contributed by atoms with Gasteiger partial charge in [-0.2, -0.15) is 0 Å². The second-order valence-electron chi connectivity index (χ2n) is 7.67. The lowest BCUT2D eigenvalue weighted by molar-refractivity contribution is -0.890. The zero-order chi connectivity index (χ0) is 20.5. The van der Waals surface area contributed by atoms with Gasteiger partial charge in [0.2, 0.25) is 0 Å². The number of amides is 1. The minimum absolute atomic E-state index is 0.0319. The molecule has 0 saturated carbocycles. The van der Waals surface area contributed by atoms with Crippen molar-refractivity contribution >= 4 is 17.3 Å². The van der Waals surface area contributed by atoms with Crippen LogP contribution < -0.4 is 24.6 Å². The molecular weight excluding hydrogens is 370 g/mol. The van der Waals surface area contributed by atoms with Crippen molar-refractivity contribution in [3.8, 4) is 11.5 Å². The summed E-state index contributed by atoms with van der Waals surface area (Å²) in [5, 5.41) is 3.08. The number of rotatable bonds is 8. The monoisotopic (exact) mass is 406 g/mol. The Morgan fingerprint density at radius 1 is 1.03 bits per heavy atom. The molecule has 3 rings (SSSR count). The first-order valence-electron chi connectivity index (χ1n) is 11.1. The number of morpholine rings is 1. The van der Waals surface area contributed by atoms with Crippen molar-refractivity contribution in [2.75, 3.05) is 69.4 Å². The average Bonchev–Trinajstić information content (AvgIpc) is 2.99. The van der Waals surface area contributed by atoms with Crippen molar-refractivity contribution in [1.29, 1.82) is 0 Å².